The molecule has 3 rings (SSSR count). The summed E-state index contributed by atoms with van der Waals surface area (Å²) in [7, 11) is 0. The van der Waals surface area contributed by atoms with Crippen molar-refractivity contribution < 1.29 is 27.4 Å². The molecule has 0 atom stereocenters. The van der Waals surface area contributed by atoms with E-state index < -0.39 is 12.0 Å². The molecule has 1 heterocycles. The van der Waals surface area contributed by atoms with Gasteiger partial charge < -0.3 is 14.4 Å². The van der Waals surface area contributed by atoms with Crippen LogP contribution in [-0.2, 0) is 28.9 Å². The Balaban J connectivity index is 1.63. The normalized spacial score (nSPS) is 14.3. The zero-order valence-corrected chi connectivity index (χ0v) is 17.4. The lowest BCUT2D eigenvalue weighted by Gasteiger charge is -2.31. The minimum Gasteiger partial charge on any atom is -0.460 e. The second kappa shape index (κ2) is 8.58. The highest BCUT2D eigenvalue weighted by molar-refractivity contribution is 5.70. The summed E-state index contributed by atoms with van der Waals surface area (Å²) in [6, 6.07) is 12.2. The molecule has 2 aromatic carbocycles. The summed E-state index contributed by atoms with van der Waals surface area (Å²) in [5.74, 6) is -0.435. The number of hydrogen-bond donors (Lipinski definition) is 0. The van der Waals surface area contributed by atoms with Gasteiger partial charge in [-0.2, -0.15) is 0 Å². The lowest BCUT2D eigenvalue weighted by atomic mass is 9.95. The first-order valence-electron chi connectivity index (χ1n) is 9.92. The van der Waals surface area contributed by atoms with E-state index in [0.717, 1.165) is 17.5 Å². The van der Waals surface area contributed by atoms with Crippen LogP contribution in [0.15, 0.2) is 42.5 Å². The molecule has 2 aromatic rings. The number of rotatable bonds is 5. The molecule has 7 heteroatoms. The van der Waals surface area contributed by atoms with Crippen LogP contribution in [0.3, 0.4) is 0 Å². The van der Waals surface area contributed by atoms with E-state index in [0.29, 0.717) is 31.6 Å². The topological polar surface area (TPSA) is 38.8 Å². The summed E-state index contributed by atoms with van der Waals surface area (Å²) in [4.78, 5) is 14.0. The quantitative estimate of drug-likeness (QED) is 0.604. The summed E-state index contributed by atoms with van der Waals surface area (Å²) in [6.45, 7) is 6.84. The highest BCUT2D eigenvalue weighted by atomic mass is 19.4. The molecule has 0 unspecified atom stereocenters. The van der Waals surface area contributed by atoms with Gasteiger partial charge in [0.2, 0.25) is 0 Å². The molecule has 0 aromatic heterocycles. The maximum atomic E-state index is 12.5. The second-order valence-corrected chi connectivity index (χ2v) is 8.41. The largest absolute Gasteiger partial charge is 0.573 e. The van der Waals surface area contributed by atoms with Gasteiger partial charge in [-0.25, -0.2) is 0 Å². The van der Waals surface area contributed by atoms with Gasteiger partial charge in [-0.1, -0.05) is 24.3 Å². The molecule has 30 heavy (non-hydrogen) atoms. The van der Waals surface area contributed by atoms with Crippen molar-refractivity contribution in [2.24, 2.45) is 0 Å². The molecule has 0 amide bonds. The Morgan fingerprint density at radius 2 is 1.83 bits per heavy atom. The van der Waals surface area contributed by atoms with Gasteiger partial charge in [0.15, 0.2) is 0 Å². The monoisotopic (exact) mass is 421 g/mol. The second-order valence-electron chi connectivity index (χ2n) is 8.41. The molecule has 162 valence electrons. The van der Waals surface area contributed by atoms with Gasteiger partial charge in [-0.05, 0) is 62.4 Å². The first kappa shape index (κ1) is 22.0. The molecule has 0 bridgehead atoms. The number of alkyl halides is 3. The van der Waals surface area contributed by atoms with Gasteiger partial charge in [-0.3, -0.25) is 4.79 Å². The van der Waals surface area contributed by atoms with Crippen molar-refractivity contribution in [1.82, 2.24) is 0 Å². The summed E-state index contributed by atoms with van der Waals surface area (Å²) in [6.07, 6.45) is -2.99. The van der Waals surface area contributed by atoms with Crippen molar-refractivity contribution in [3.05, 3.63) is 59.2 Å². The molecule has 0 aliphatic carbocycles. The third kappa shape index (κ3) is 6.40. The fraction of sp³-hybridized carbons (Fsp3) is 0.435. The Morgan fingerprint density at radius 3 is 2.53 bits per heavy atom. The van der Waals surface area contributed by atoms with Crippen molar-refractivity contribution in [3.63, 3.8) is 0 Å². The zero-order chi connectivity index (χ0) is 21.9. The molecule has 1 aliphatic rings. The van der Waals surface area contributed by atoms with E-state index in [1.807, 2.05) is 37.8 Å². The molecule has 0 radical (unpaired) electrons. The molecular weight excluding hydrogens is 395 g/mol. The van der Waals surface area contributed by atoms with Crippen LogP contribution in [0.2, 0.25) is 0 Å². The average Bonchev–Trinajstić information content (AvgIpc) is 2.63. The highest BCUT2D eigenvalue weighted by Crippen LogP contribution is 2.30. The summed E-state index contributed by atoms with van der Waals surface area (Å²) in [5.41, 5.74) is 3.61. The molecular formula is C23H26F3NO3. The highest BCUT2D eigenvalue weighted by Gasteiger charge is 2.31. The summed E-state index contributed by atoms with van der Waals surface area (Å²) in [5, 5.41) is 0. The minimum absolute atomic E-state index is 0.215. The number of aryl methyl sites for hydroxylation is 1. The molecule has 4 nitrogen and oxygen atoms in total. The van der Waals surface area contributed by atoms with Crippen LogP contribution in [0, 0.1) is 0 Å². The smallest absolute Gasteiger partial charge is 0.460 e. The van der Waals surface area contributed by atoms with Crippen molar-refractivity contribution in [2.75, 3.05) is 11.4 Å². The van der Waals surface area contributed by atoms with Gasteiger partial charge in [0.1, 0.15) is 11.4 Å². The molecule has 1 aliphatic heterocycles. The molecule has 0 spiro atoms. The van der Waals surface area contributed by atoms with Gasteiger partial charge in [0.25, 0.3) is 0 Å². The number of carbonyl (C=O) groups excluding carboxylic acids is 1. The molecule has 0 fully saturated rings. The van der Waals surface area contributed by atoms with Crippen LogP contribution < -0.4 is 9.64 Å². The first-order valence-corrected chi connectivity index (χ1v) is 9.92. The van der Waals surface area contributed by atoms with Crippen LogP contribution in [-0.4, -0.2) is 24.5 Å². The fourth-order valence-corrected chi connectivity index (χ4v) is 3.50. The van der Waals surface area contributed by atoms with E-state index >= 15 is 0 Å². The number of anilines is 1. The van der Waals surface area contributed by atoms with Crippen molar-refractivity contribution in [1.29, 1.82) is 0 Å². The zero-order valence-electron chi connectivity index (χ0n) is 17.4. The number of benzene rings is 2. The number of esters is 1. The maximum Gasteiger partial charge on any atom is 0.573 e. The maximum absolute atomic E-state index is 12.5. The Morgan fingerprint density at radius 1 is 1.07 bits per heavy atom. The SMILES string of the molecule is CC(C)(C)OC(=O)CCc1ccc2c(c1)CCN(c1cccc(OC(F)(F)F)c1)C2. The Hall–Kier alpha value is -2.70. The van der Waals surface area contributed by atoms with E-state index in [4.69, 9.17) is 4.74 Å². The Kier molecular flexibility index (Phi) is 6.29. The van der Waals surface area contributed by atoms with Crippen molar-refractivity contribution in [3.8, 4) is 5.75 Å². The first-order chi connectivity index (χ1) is 14.0. The average molecular weight is 421 g/mol. The van der Waals surface area contributed by atoms with Crippen molar-refractivity contribution >= 4 is 11.7 Å². The standard InChI is InChI=1S/C23H26F3NO3/c1-22(2,3)30-21(28)10-8-16-7-9-18-15-27(12-11-17(18)13-16)19-5-4-6-20(14-19)29-23(24,25)26/h4-7,9,13-14H,8,10-12,15H2,1-3H3. The fourth-order valence-electron chi connectivity index (χ4n) is 3.50. The summed E-state index contributed by atoms with van der Waals surface area (Å²) < 4.78 is 46.8. The predicted molar refractivity (Wildman–Crippen MR) is 108 cm³/mol. The predicted octanol–water partition coefficient (Wildman–Crippen LogP) is 5.42. The minimum atomic E-state index is -4.71. The van der Waals surface area contributed by atoms with E-state index in [-0.39, 0.29) is 11.7 Å². The third-order valence-electron chi connectivity index (χ3n) is 4.74. The number of hydrogen-bond acceptors (Lipinski definition) is 4. The van der Waals surface area contributed by atoms with Crippen LogP contribution >= 0.6 is 0 Å². The third-order valence-corrected chi connectivity index (χ3v) is 4.74. The molecule has 0 saturated carbocycles. The van der Waals surface area contributed by atoms with Crippen LogP contribution in [0.5, 0.6) is 5.75 Å². The molecule has 0 saturated heterocycles. The lowest BCUT2D eigenvalue weighted by Crippen LogP contribution is -2.30. The van der Waals surface area contributed by atoms with Gasteiger partial charge in [0, 0.05) is 31.3 Å². The number of halogens is 3. The Bertz CT molecular complexity index is 903. The van der Waals surface area contributed by atoms with E-state index in [1.165, 1.54) is 17.7 Å². The van der Waals surface area contributed by atoms with Crippen LogP contribution in [0.4, 0.5) is 18.9 Å². The summed E-state index contributed by atoms with van der Waals surface area (Å²) >= 11 is 0. The number of fused-ring (bicyclic) bond motifs is 1. The van der Waals surface area contributed by atoms with Gasteiger partial charge in [0.05, 0.1) is 0 Å². The van der Waals surface area contributed by atoms with E-state index in [1.54, 1.807) is 12.1 Å². The van der Waals surface area contributed by atoms with Crippen LogP contribution in [0.1, 0.15) is 43.9 Å². The van der Waals surface area contributed by atoms with Crippen molar-refractivity contribution in [2.45, 2.75) is 58.5 Å². The molecule has 0 N–H and O–H groups in total. The lowest BCUT2D eigenvalue weighted by molar-refractivity contribution is -0.274. The number of ether oxygens (including phenoxy) is 2. The number of carbonyl (C=O) groups is 1. The Labute approximate surface area is 174 Å². The number of nitrogens with zero attached hydrogens (tertiary/aromatic N) is 1. The van der Waals surface area contributed by atoms with Gasteiger partial charge in [-0.15, -0.1) is 13.2 Å². The van der Waals surface area contributed by atoms with Gasteiger partial charge >= 0.3 is 12.3 Å². The van der Waals surface area contributed by atoms with E-state index in [9.17, 15) is 18.0 Å². The van der Waals surface area contributed by atoms with Crippen LogP contribution in [0.25, 0.3) is 0 Å². The van der Waals surface area contributed by atoms with E-state index in [2.05, 4.69) is 10.8 Å².